The zero-order chi connectivity index (χ0) is 17.4. The number of carbonyl (C=O) groups excluding carboxylic acids is 2. The molecule has 130 valence electrons. The second-order valence-corrected chi connectivity index (χ2v) is 6.22. The summed E-state index contributed by atoms with van der Waals surface area (Å²) in [7, 11) is -1.63. The van der Waals surface area contributed by atoms with E-state index < -0.39 is 13.1 Å². The Kier molecular flexibility index (Phi) is 7.27. The van der Waals surface area contributed by atoms with Gasteiger partial charge in [-0.15, -0.1) is 0 Å². The lowest BCUT2D eigenvalue weighted by molar-refractivity contribution is -0.131. The number of nitrogens with one attached hydrogen (secondary N) is 1. The van der Waals surface area contributed by atoms with Crippen molar-refractivity contribution >= 4 is 18.9 Å². The summed E-state index contributed by atoms with van der Waals surface area (Å²) < 4.78 is 0. The van der Waals surface area contributed by atoms with Crippen molar-refractivity contribution in [2.24, 2.45) is 0 Å². The smallest absolute Gasteiger partial charge is 0.426 e. The summed E-state index contributed by atoms with van der Waals surface area (Å²) in [6, 6.07) is 9.35. The maximum Gasteiger partial charge on any atom is 0.475 e. The van der Waals surface area contributed by atoms with E-state index in [4.69, 9.17) is 0 Å². The Morgan fingerprint density at radius 1 is 1.21 bits per heavy atom. The van der Waals surface area contributed by atoms with Crippen LogP contribution >= 0.6 is 0 Å². The Bertz CT molecular complexity index is 539. The summed E-state index contributed by atoms with van der Waals surface area (Å²) in [5, 5.41) is 21.6. The van der Waals surface area contributed by atoms with Gasteiger partial charge in [-0.05, 0) is 24.8 Å². The molecule has 3 N–H and O–H groups in total. The maximum absolute atomic E-state index is 12.1. The summed E-state index contributed by atoms with van der Waals surface area (Å²) in [5.41, 5.74) is 0.915. The molecule has 1 heterocycles. The monoisotopic (exact) mass is 332 g/mol. The van der Waals surface area contributed by atoms with Crippen LogP contribution in [0.2, 0.25) is 0 Å². The van der Waals surface area contributed by atoms with E-state index in [1.54, 1.807) is 4.90 Å². The van der Waals surface area contributed by atoms with Gasteiger partial charge in [-0.1, -0.05) is 36.8 Å². The van der Waals surface area contributed by atoms with Gasteiger partial charge < -0.3 is 20.3 Å². The molecule has 1 aromatic carbocycles. The average molecular weight is 332 g/mol. The van der Waals surface area contributed by atoms with Crippen molar-refractivity contribution in [1.82, 2.24) is 10.2 Å². The Morgan fingerprint density at radius 2 is 1.96 bits per heavy atom. The minimum Gasteiger partial charge on any atom is -0.426 e. The average Bonchev–Trinajstić information content (AvgIpc) is 2.77. The van der Waals surface area contributed by atoms with E-state index in [9.17, 15) is 19.6 Å². The second-order valence-electron chi connectivity index (χ2n) is 6.22. The molecule has 1 unspecified atom stereocenters. The lowest BCUT2D eigenvalue weighted by atomic mass is 9.76. The van der Waals surface area contributed by atoms with Crippen molar-refractivity contribution in [2.75, 3.05) is 13.1 Å². The molecule has 0 aromatic heterocycles. The van der Waals surface area contributed by atoms with E-state index in [1.165, 1.54) is 0 Å². The van der Waals surface area contributed by atoms with Crippen LogP contribution in [0.3, 0.4) is 0 Å². The molecule has 0 radical (unpaired) electrons. The topological polar surface area (TPSA) is 89.9 Å². The number of hydrogen-bond donors (Lipinski definition) is 3. The lowest BCUT2D eigenvalue weighted by Crippen LogP contribution is -2.48. The van der Waals surface area contributed by atoms with Gasteiger partial charge in [0.15, 0.2) is 0 Å². The van der Waals surface area contributed by atoms with Gasteiger partial charge >= 0.3 is 7.12 Å². The Hall–Kier alpha value is -1.86. The van der Waals surface area contributed by atoms with Crippen molar-refractivity contribution in [3.8, 4) is 0 Å². The van der Waals surface area contributed by atoms with Gasteiger partial charge in [-0.2, -0.15) is 0 Å². The third-order valence-corrected chi connectivity index (χ3v) is 4.28. The summed E-state index contributed by atoms with van der Waals surface area (Å²) in [4.78, 5) is 25.8. The molecule has 1 atom stereocenters. The molecule has 7 heteroatoms. The predicted molar refractivity (Wildman–Crippen MR) is 91.9 cm³/mol. The largest absolute Gasteiger partial charge is 0.475 e. The number of hydrogen-bond acceptors (Lipinski definition) is 4. The molecule has 2 rings (SSSR count). The van der Waals surface area contributed by atoms with Crippen LogP contribution in [0.5, 0.6) is 0 Å². The standard InChI is InChI=1S/C17H25BN2O4/c21-16(10-12-20-11-6-2-5-9-17(20)22)19-15(18(23)24)13-14-7-3-1-4-8-14/h1,3-4,7-8,15,23-24H,2,5-6,9-13H2,(H,19,21). The van der Waals surface area contributed by atoms with Crippen LogP contribution in [-0.2, 0) is 16.0 Å². The Labute approximate surface area is 143 Å². The first-order valence-corrected chi connectivity index (χ1v) is 8.53. The van der Waals surface area contributed by atoms with E-state index >= 15 is 0 Å². The molecule has 1 aromatic rings. The highest BCUT2D eigenvalue weighted by molar-refractivity contribution is 6.43. The van der Waals surface area contributed by atoms with Gasteiger partial charge in [0.25, 0.3) is 0 Å². The normalized spacial score (nSPS) is 16.4. The molecule has 0 bridgehead atoms. The highest BCUT2D eigenvalue weighted by Crippen LogP contribution is 2.11. The zero-order valence-electron chi connectivity index (χ0n) is 13.9. The fourth-order valence-corrected chi connectivity index (χ4v) is 2.89. The summed E-state index contributed by atoms with van der Waals surface area (Å²) in [5.74, 6) is -0.941. The fraction of sp³-hybridized carbons (Fsp3) is 0.529. The van der Waals surface area contributed by atoms with Crippen LogP contribution in [0.25, 0.3) is 0 Å². The predicted octanol–water partition coefficient (Wildman–Crippen LogP) is 0.519. The molecule has 0 spiro atoms. The van der Waals surface area contributed by atoms with E-state index in [0.29, 0.717) is 25.9 Å². The number of benzene rings is 1. The number of rotatable bonds is 7. The summed E-state index contributed by atoms with van der Waals surface area (Å²) in [6.07, 6.45) is 3.99. The van der Waals surface area contributed by atoms with Gasteiger partial charge in [0.2, 0.25) is 11.8 Å². The van der Waals surface area contributed by atoms with E-state index in [1.807, 2.05) is 30.3 Å². The molecule has 6 nitrogen and oxygen atoms in total. The molecule has 1 aliphatic heterocycles. The third kappa shape index (κ3) is 5.98. The number of carbonyl (C=O) groups is 2. The van der Waals surface area contributed by atoms with Crippen LogP contribution in [0.4, 0.5) is 0 Å². The number of nitrogens with zero attached hydrogens (tertiary/aromatic N) is 1. The number of likely N-dealkylation sites (tertiary alicyclic amines) is 1. The molecular weight excluding hydrogens is 307 g/mol. The van der Waals surface area contributed by atoms with Crippen molar-refractivity contribution in [2.45, 2.75) is 44.5 Å². The highest BCUT2D eigenvalue weighted by Gasteiger charge is 2.26. The van der Waals surface area contributed by atoms with Gasteiger partial charge in [0.05, 0.1) is 5.94 Å². The fourth-order valence-electron chi connectivity index (χ4n) is 2.89. The lowest BCUT2D eigenvalue weighted by Gasteiger charge is -2.22. The first kappa shape index (κ1) is 18.5. The van der Waals surface area contributed by atoms with Crippen molar-refractivity contribution in [3.63, 3.8) is 0 Å². The van der Waals surface area contributed by atoms with E-state index in [0.717, 1.165) is 24.8 Å². The first-order chi connectivity index (χ1) is 11.6. The Morgan fingerprint density at radius 3 is 2.67 bits per heavy atom. The third-order valence-electron chi connectivity index (χ3n) is 4.28. The maximum atomic E-state index is 12.1. The minimum absolute atomic E-state index is 0.100. The van der Waals surface area contributed by atoms with Crippen LogP contribution in [0, 0.1) is 0 Å². The van der Waals surface area contributed by atoms with E-state index in [2.05, 4.69) is 5.32 Å². The van der Waals surface area contributed by atoms with Gasteiger partial charge in [-0.25, -0.2) is 0 Å². The second kappa shape index (κ2) is 9.44. The van der Waals surface area contributed by atoms with Crippen LogP contribution in [0.1, 0.15) is 37.7 Å². The molecule has 0 aliphatic carbocycles. The minimum atomic E-state index is -1.63. The van der Waals surface area contributed by atoms with Crippen molar-refractivity contribution in [3.05, 3.63) is 35.9 Å². The summed E-state index contributed by atoms with van der Waals surface area (Å²) in [6.45, 7) is 1.08. The molecule has 1 fully saturated rings. The molecular formula is C17H25BN2O4. The Balaban J connectivity index is 1.83. The molecule has 1 aliphatic rings. The van der Waals surface area contributed by atoms with Crippen LogP contribution in [0.15, 0.2) is 30.3 Å². The molecule has 24 heavy (non-hydrogen) atoms. The quantitative estimate of drug-likeness (QED) is 0.635. The molecule has 1 saturated heterocycles. The van der Waals surface area contributed by atoms with Crippen LogP contribution in [-0.4, -0.2) is 52.9 Å². The van der Waals surface area contributed by atoms with E-state index in [-0.39, 0.29) is 18.2 Å². The van der Waals surface area contributed by atoms with Crippen molar-refractivity contribution < 1.29 is 19.6 Å². The number of amides is 2. The van der Waals surface area contributed by atoms with Gasteiger partial charge in [-0.3, -0.25) is 9.59 Å². The first-order valence-electron chi connectivity index (χ1n) is 8.53. The zero-order valence-corrected chi connectivity index (χ0v) is 13.9. The highest BCUT2D eigenvalue weighted by atomic mass is 16.4. The van der Waals surface area contributed by atoms with Gasteiger partial charge in [0, 0.05) is 25.9 Å². The molecule has 2 amide bonds. The summed E-state index contributed by atoms with van der Waals surface area (Å²) >= 11 is 0. The van der Waals surface area contributed by atoms with Gasteiger partial charge in [0.1, 0.15) is 0 Å². The molecule has 0 saturated carbocycles. The SMILES string of the molecule is O=C(CCN1CCCCCC1=O)NC(Cc1ccccc1)B(O)O. The van der Waals surface area contributed by atoms with Crippen LogP contribution < -0.4 is 5.32 Å². The van der Waals surface area contributed by atoms with Crippen molar-refractivity contribution in [1.29, 1.82) is 0 Å².